The summed E-state index contributed by atoms with van der Waals surface area (Å²) in [6, 6.07) is 0.583. The van der Waals surface area contributed by atoms with Crippen LogP contribution in [0.4, 0.5) is 4.39 Å². The minimum absolute atomic E-state index is 0.246. The highest BCUT2D eigenvalue weighted by Crippen LogP contribution is 2.12. The Balaban J connectivity index is 2.09. The number of rotatable bonds is 4. The molecular weight excluding hydrogens is 145 g/mol. The summed E-state index contributed by atoms with van der Waals surface area (Å²) in [6.07, 6.45) is 2.42. The highest BCUT2D eigenvalue weighted by molar-refractivity contribution is 4.80. The van der Waals surface area contributed by atoms with Gasteiger partial charge < -0.3 is 10.1 Å². The summed E-state index contributed by atoms with van der Waals surface area (Å²) < 4.78 is 16.9. The van der Waals surface area contributed by atoms with Crippen molar-refractivity contribution in [2.24, 2.45) is 0 Å². The van der Waals surface area contributed by atoms with Gasteiger partial charge in [0.25, 0.3) is 0 Å². The van der Waals surface area contributed by atoms with Crippen LogP contribution in [-0.4, -0.2) is 32.0 Å². The number of nitrogens with one attached hydrogen (secondary N) is 1. The third-order valence-electron chi connectivity index (χ3n) is 2.11. The fraction of sp³-hybridized carbons (Fsp3) is 1.00. The number of alkyl halides is 1. The Morgan fingerprint density at radius 1 is 1.64 bits per heavy atom. The second kappa shape index (κ2) is 4.67. The molecule has 0 amide bonds. The maximum Gasteiger partial charge on any atom is 0.113 e. The van der Waals surface area contributed by atoms with E-state index >= 15 is 0 Å². The molecule has 0 radical (unpaired) electrons. The van der Waals surface area contributed by atoms with E-state index in [0.717, 1.165) is 19.4 Å². The van der Waals surface area contributed by atoms with Crippen LogP contribution in [-0.2, 0) is 4.74 Å². The normalized spacial score (nSPS) is 31.1. The molecule has 11 heavy (non-hydrogen) atoms. The SMILES string of the molecule is CC[C@H]1C[C@H](OCCF)CN1. The van der Waals surface area contributed by atoms with E-state index in [1.54, 1.807) is 0 Å². The first-order valence-electron chi connectivity index (χ1n) is 4.27. The molecule has 0 spiro atoms. The van der Waals surface area contributed by atoms with Crippen LogP contribution in [0.5, 0.6) is 0 Å². The van der Waals surface area contributed by atoms with Crippen molar-refractivity contribution in [2.75, 3.05) is 19.8 Å². The van der Waals surface area contributed by atoms with Crippen molar-refractivity contribution in [1.29, 1.82) is 0 Å². The van der Waals surface area contributed by atoms with Crippen LogP contribution in [0, 0.1) is 0 Å². The van der Waals surface area contributed by atoms with Crippen molar-refractivity contribution in [2.45, 2.75) is 31.9 Å². The van der Waals surface area contributed by atoms with Gasteiger partial charge in [0.15, 0.2) is 0 Å². The predicted octanol–water partition coefficient (Wildman–Crippen LogP) is 1.11. The zero-order valence-electron chi connectivity index (χ0n) is 6.98. The maximum atomic E-state index is 11.7. The Labute approximate surface area is 67.1 Å². The fourth-order valence-electron chi connectivity index (χ4n) is 1.43. The molecule has 1 fully saturated rings. The summed E-state index contributed by atoms with van der Waals surface area (Å²) in [5.41, 5.74) is 0. The molecule has 0 bridgehead atoms. The molecule has 1 aliphatic heterocycles. The smallest absolute Gasteiger partial charge is 0.113 e. The van der Waals surface area contributed by atoms with Crippen molar-refractivity contribution < 1.29 is 9.13 Å². The largest absolute Gasteiger partial charge is 0.374 e. The monoisotopic (exact) mass is 161 g/mol. The van der Waals surface area contributed by atoms with E-state index in [2.05, 4.69) is 12.2 Å². The van der Waals surface area contributed by atoms with E-state index in [1.807, 2.05) is 0 Å². The highest BCUT2D eigenvalue weighted by Gasteiger charge is 2.22. The van der Waals surface area contributed by atoms with E-state index in [-0.39, 0.29) is 19.4 Å². The zero-order valence-corrected chi connectivity index (χ0v) is 6.98. The van der Waals surface area contributed by atoms with Gasteiger partial charge in [0.1, 0.15) is 6.67 Å². The van der Waals surface area contributed by atoms with E-state index in [1.165, 1.54) is 0 Å². The van der Waals surface area contributed by atoms with Crippen molar-refractivity contribution in [3.8, 4) is 0 Å². The van der Waals surface area contributed by atoms with Gasteiger partial charge in [0, 0.05) is 12.6 Å². The number of hydrogen-bond donors (Lipinski definition) is 1. The first-order chi connectivity index (χ1) is 5.36. The average Bonchev–Trinajstić information content (AvgIpc) is 2.48. The van der Waals surface area contributed by atoms with Crippen LogP contribution in [0.1, 0.15) is 19.8 Å². The van der Waals surface area contributed by atoms with E-state index in [0.29, 0.717) is 6.04 Å². The van der Waals surface area contributed by atoms with Crippen LogP contribution in [0.15, 0.2) is 0 Å². The van der Waals surface area contributed by atoms with Gasteiger partial charge in [-0.25, -0.2) is 4.39 Å². The molecular formula is C8H16FNO. The molecule has 0 saturated carbocycles. The summed E-state index contributed by atoms with van der Waals surface area (Å²) in [6.45, 7) is 2.92. The highest BCUT2D eigenvalue weighted by atomic mass is 19.1. The van der Waals surface area contributed by atoms with Gasteiger partial charge in [-0.15, -0.1) is 0 Å². The van der Waals surface area contributed by atoms with Gasteiger partial charge in [-0.05, 0) is 12.8 Å². The van der Waals surface area contributed by atoms with E-state index < -0.39 is 0 Å². The molecule has 0 aromatic rings. The molecule has 2 atom stereocenters. The molecule has 2 nitrogen and oxygen atoms in total. The Bertz CT molecular complexity index is 110. The van der Waals surface area contributed by atoms with Crippen molar-refractivity contribution in [3.05, 3.63) is 0 Å². The lowest BCUT2D eigenvalue weighted by Gasteiger charge is -2.08. The zero-order chi connectivity index (χ0) is 8.10. The first kappa shape index (κ1) is 8.94. The van der Waals surface area contributed by atoms with Crippen molar-refractivity contribution >= 4 is 0 Å². The van der Waals surface area contributed by atoms with Gasteiger partial charge in [0.2, 0.25) is 0 Å². The molecule has 0 unspecified atom stereocenters. The summed E-state index contributed by atoms with van der Waals surface area (Å²) >= 11 is 0. The molecule has 1 N–H and O–H groups in total. The molecule has 0 aliphatic carbocycles. The maximum absolute atomic E-state index is 11.7. The van der Waals surface area contributed by atoms with Crippen LogP contribution >= 0.6 is 0 Å². The molecule has 1 aliphatic rings. The minimum atomic E-state index is -0.368. The molecule has 66 valence electrons. The molecule has 1 rings (SSSR count). The Kier molecular flexibility index (Phi) is 3.80. The van der Waals surface area contributed by atoms with Crippen molar-refractivity contribution in [1.82, 2.24) is 5.32 Å². The van der Waals surface area contributed by atoms with Gasteiger partial charge in [0.05, 0.1) is 12.7 Å². The average molecular weight is 161 g/mol. The third-order valence-corrected chi connectivity index (χ3v) is 2.11. The minimum Gasteiger partial charge on any atom is -0.374 e. The predicted molar refractivity (Wildman–Crippen MR) is 42.4 cm³/mol. The summed E-state index contributed by atoms with van der Waals surface area (Å²) in [5, 5.41) is 3.32. The first-order valence-corrected chi connectivity index (χ1v) is 4.27. The van der Waals surface area contributed by atoms with Crippen LogP contribution in [0.3, 0.4) is 0 Å². The van der Waals surface area contributed by atoms with E-state index in [4.69, 9.17) is 4.74 Å². The number of halogens is 1. The quantitative estimate of drug-likeness (QED) is 0.667. The molecule has 0 aromatic heterocycles. The third kappa shape index (κ3) is 2.75. The second-order valence-electron chi connectivity index (χ2n) is 2.93. The Hall–Kier alpha value is -0.150. The Morgan fingerprint density at radius 3 is 3.00 bits per heavy atom. The Morgan fingerprint density at radius 2 is 2.45 bits per heavy atom. The van der Waals surface area contributed by atoms with Crippen LogP contribution in [0.25, 0.3) is 0 Å². The van der Waals surface area contributed by atoms with Gasteiger partial charge in [-0.2, -0.15) is 0 Å². The molecule has 1 heterocycles. The van der Waals surface area contributed by atoms with Gasteiger partial charge in [-0.1, -0.05) is 6.92 Å². The summed E-state index contributed by atoms with van der Waals surface area (Å²) in [5.74, 6) is 0. The fourth-order valence-corrected chi connectivity index (χ4v) is 1.43. The number of hydrogen-bond acceptors (Lipinski definition) is 2. The topological polar surface area (TPSA) is 21.3 Å². The van der Waals surface area contributed by atoms with Gasteiger partial charge >= 0.3 is 0 Å². The van der Waals surface area contributed by atoms with Gasteiger partial charge in [-0.3, -0.25) is 0 Å². The van der Waals surface area contributed by atoms with Crippen LogP contribution < -0.4 is 5.32 Å². The second-order valence-corrected chi connectivity index (χ2v) is 2.93. The lowest BCUT2D eigenvalue weighted by atomic mass is 10.1. The molecule has 1 saturated heterocycles. The summed E-state index contributed by atoms with van der Waals surface area (Å²) in [7, 11) is 0. The molecule has 0 aromatic carbocycles. The van der Waals surface area contributed by atoms with Crippen molar-refractivity contribution in [3.63, 3.8) is 0 Å². The number of ether oxygens (including phenoxy) is 1. The van der Waals surface area contributed by atoms with E-state index in [9.17, 15) is 4.39 Å². The molecule has 3 heteroatoms. The standard InChI is InChI=1S/C8H16FNO/c1-2-7-5-8(6-10-7)11-4-3-9/h7-8,10H,2-6H2,1H3/t7-,8-/m0/s1. The lowest BCUT2D eigenvalue weighted by Crippen LogP contribution is -2.20. The summed E-state index contributed by atoms with van der Waals surface area (Å²) in [4.78, 5) is 0. The van der Waals surface area contributed by atoms with Crippen LogP contribution in [0.2, 0.25) is 0 Å². The lowest BCUT2D eigenvalue weighted by molar-refractivity contribution is 0.0557.